The maximum atomic E-state index is 5.77. The highest BCUT2D eigenvalue weighted by Gasteiger charge is 2.05. The molecule has 0 aromatic heterocycles. The minimum absolute atomic E-state index is 0. The Morgan fingerprint density at radius 3 is 2.58 bits per heavy atom. The zero-order valence-electron chi connectivity index (χ0n) is 11.4. The van der Waals surface area contributed by atoms with Crippen LogP contribution in [0.25, 0.3) is 0 Å². The highest BCUT2D eigenvalue weighted by atomic mass is 127. The first-order valence-corrected chi connectivity index (χ1v) is 5.50. The van der Waals surface area contributed by atoms with Crippen molar-refractivity contribution in [2.75, 3.05) is 26.1 Å². The van der Waals surface area contributed by atoms with Crippen LogP contribution in [0.15, 0.2) is 35.3 Å². The fraction of sp³-hybridized carbons (Fsp3) is 0.308. The Morgan fingerprint density at radius 2 is 2.05 bits per heavy atom. The number of nitrogens with one attached hydrogen (secondary N) is 1. The van der Waals surface area contributed by atoms with Crippen molar-refractivity contribution < 1.29 is 9.47 Å². The van der Waals surface area contributed by atoms with Crippen molar-refractivity contribution in [3.05, 3.63) is 30.4 Å². The summed E-state index contributed by atoms with van der Waals surface area (Å²) in [6.07, 6.45) is 0. The fourth-order valence-corrected chi connectivity index (χ4v) is 1.31. The summed E-state index contributed by atoms with van der Waals surface area (Å²) >= 11 is 0. The molecule has 19 heavy (non-hydrogen) atoms. The first kappa shape index (κ1) is 17.6. The SMILES string of the molecule is C=C(C)CN=C(N)Nc1cc(OC)ccc1OC.I. The van der Waals surface area contributed by atoms with E-state index in [0.29, 0.717) is 29.7 Å². The summed E-state index contributed by atoms with van der Waals surface area (Å²) in [5.41, 5.74) is 7.42. The van der Waals surface area contributed by atoms with Crippen LogP contribution in [0.5, 0.6) is 11.5 Å². The molecule has 1 rings (SSSR count). The van der Waals surface area contributed by atoms with Crippen molar-refractivity contribution in [1.82, 2.24) is 0 Å². The predicted octanol–water partition coefficient (Wildman–Crippen LogP) is 2.62. The highest BCUT2D eigenvalue weighted by Crippen LogP contribution is 2.28. The lowest BCUT2D eigenvalue weighted by Crippen LogP contribution is -2.23. The molecule has 0 unspecified atom stereocenters. The molecular formula is C13H20IN3O2. The molecule has 0 heterocycles. The molecule has 5 nitrogen and oxygen atoms in total. The van der Waals surface area contributed by atoms with Gasteiger partial charge in [0, 0.05) is 6.07 Å². The number of anilines is 1. The van der Waals surface area contributed by atoms with Crippen LogP contribution in [0.4, 0.5) is 5.69 Å². The third-order valence-electron chi connectivity index (χ3n) is 2.19. The van der Waals surface area contributed by atoms with Crippen molar-refractivity contribution in [3.8, 4) is 11.5 Å². The Kier molecular flexibility index (Phi) is 7.97. The van der Waals surface area contributed by atoms with Crippen molar-refractivity contribution in [2.24, 2.45) is 10.7 Å². The van der Waals surface area contributed by atoms with E-state index in [-0.39, 0.29) is 24.0 Å². The van der Waals surface area contributed by atoms with Crippen molar-refractivity contribution in [1.29, 1.82) is 0 Å². The summed E-state index contributed by atoms with van der Waals surface area (Å²) in [6, 6.07) is 5.40. The summed E-state index contributed by atoms with van der Waals surface area (Å²) in [4.78, 5) is 4.14. The molecular weight excluding hydrogens is 357 g/mol. The summed E-state index contributed by atoms with van der Waals surface area (Å²) in [5.74, 6) is 1.69. The molecule has 0 aliphatic rings. The molecule has 106 valence electrons. The third kappa shape index (κ3) is 5.82. The van der Waals surface area contributed by atoms with Gasteiger partial charge in [-0.05, 0) is 19.1 Å². The molecule has 3 N–H and O–H groups in total. The quantitative estimate of drug-likeness (QED) is 0.358. The molecule has 0 bridgehead atoms. The van der Waals surface area contributed by atoms with Gasteiger partial charge < -0.3 is 20.5 Å². The van der Waals surface area contributed by atoms with Gasteiger partial charge in [0.25, 0.3) is 0 Å². The van der Waals surface area contributed by atoms with Crippen LogP contribution in [0.2, 0.25) is 0 Å². The minimum atomic E-state index is 0. The summed E-state index contributed by atoms with van der Waals surface area (Å²) in [6.45, 7) is 6.14. The normalized spacial score (nSPS) is 10.4. The zero-order valence-corrected chi connectivity index (χ0v) is 13.7. The van der Waals surface area contributed by atoms with Gasteiger partial charge in [0.05, 0.1) is 26.5 Å². The third-order valence-corrected chi connectivity index (χ3v) is 2.19. The molecule has 6 heteroatoms. The lowest BCUT2D eigenvalue weighted by molar-refractivity contribution is 0.405. The molecule has 0 amide bonds. The van der Waals surface area contributed by atoms with E-state index < -0.39 is 0 Å². The molecule has 0 saturated carbocycles. The molecule has 0 saturated heterocycles. The number of nitrogens with zero attached hydrogens (tertiary/aromatic N) is 1. The number of ether oxygens (including phenoxy) is 2. The smallest absolute Gasteiger partial charge is 0.193 e. The second-order valence-corrected chi connectivity index (χ2v) is 3.85. The maximum absolute atomic E-state index is 5.77. The Labute approximate surface area is 130 Å². The molecule has 0 atom stereocenters. The fourth-order valence-electron chi connectivity index (χ4n) is 1.31. The average molecular weight is 377 g/mol. The number of halogens is 1. The molecule has 1 aromatic carbocycles. The molecule has 1 aromatic rings. The highest BCUT2D eigenvalue weighted by molar-refractivity contribution is 14.0. The van der Waals surface area contributed by atoms with Crippen LogP contribution in [0.1, 0.15) is 6.92 Å². The monoisotopic (exact) mass is 377 g/mol. The van der Waals surface area contributed by atoms with Crippen molar-refractivity contribution in [3.63, 3.8) is 0 Å². The van der Waals surface area contributed by atoms with E-state index >= 15 is 0 Å². The molecule has 0 spiro atoms. The van der Waals surface area contributed by atoms with E-state index in [2.05, 4.69) is 16.9 Å². The number of guanidine groups is 1. The van der Waals surface area contributed by atoms with E-state index in [9.17, 15) is 0 Å². The number of hydrogen-bond donors (Lipinski definition) is 2. The van der Waals surface area contributed by atoms with E-state index in [1.165, 1.54) is 0 Å². The second kappa shape index (κ2) is 8.63. The molecule has 0 radical (unpaired) electrons. The van der Waals surface area contributed by atoms with Gasteiger partial charge in [0.1, 0.15) is 11.5 Å². The van der Waals surface area contributed by atoms with E-state index in [1.807, 2.05) is 13.0 Å². The van der Waals surface area contributed by atoms with Gasteiger partial charge in [0.2, 0.25) is 0 Å². The minimum Gasteiger partial charge on any atom is -0.497 e. The predicted molar refractivity (Wildman–Crippen MR) is 89.9 cm³/mol. The lowest BCUT2D eigenvalue weighted by Gasteiger charge is -2.12. The van der Waals surface area contributed by atoms with Crippen LogP contribution in [-0.4, -0.2) is 26.7 Å². The van der Waals surface area contributed by atoms with Crippen molar-refractivity contribution in [2.45, 2.75) is 6.92 Å². The zero-order chi connectivity index (χ0) is 13.5. The topological polar surface area (TPSA) is 68.9 Å². The lowest BCUT2D eigenvalue weighted by atomic mass is 10.2. The van der Waals surface area contributed by atoms with Gasteiger partial charge in [-0.2, -0.15) is 0 Å². The second-order valence-electron chi connectivity index (χ2n) is 3.85. The Bertz CT molecular complexity index is 461. The number of hydrogen-bond acceptors (Lipinski definition) is 3. The Balaban J connectivity index is 0.00000324. The van der Waals surface area contributed by atoms with Gasteiger partial charge in [-0.1, -0.05) is 12.2 Å². The Morgan fingerprint density at radius 1 is 1.37 bits per heavy atom. The van der Waals surface area contributed by atoms with Crippen LogP contribution < -0.4 is 20.5 Å². The number of benzene rings is 1. The largest absolute Gasteiger partial charge is 0.497 e. The maximum Gasteiger partial charge on any atom is 0.193 e. The van der Waals surface area contributed by atoms with E-state index in [1.54, 1.807) is 26.4 Å². The molecule has 0 fully saturated rings. The summed E-state index contributed by atoms with van der Waals surface area (Å²) < 4.78 is 10.4. The number of nitrogens with two attached hydrogens (primary N) is 1. The van der Waals surface area contributed by atoms with Gasteiger partial charge in [-0.25, -0.2) is 4.99 Å². The van der Waals surface area contributed by atoms with Gasteiger partial charge in [-0.15, -0.1) is 24.0 Å². The average Bonchev–Trinajstić information content (AvgIpc) is 2.36. The number of aliphatic imine (C=N–C) groups is 1. The van der Waals surface area contributed by atoms with Gasteiger partial charge in [-0.3, -0.25) is 0 Å². The van der Waals surface area contributed by atoms with Crippen LogP contribution in [0, 0.1) is 0 Å². The molecule has 0 aliphatic heterocycles. The van der Waals surface area contributed by atoms with Gasteiger partial charge >= 0.3 is 0 Å². The van der Waals surface area contributed by atoms with Crippen LogP contribution in [-0.2, 0) is 0 Å². The van der Waals surface area contributed by atoms with Gasteiger partial charge in [0.15, 0.2) is 5.96 Å². The standard InChI is InChI=1S/C13H19N3O2.HI/c1-9(2)8-15-13(14)16-11-7-10(17-3)5-6-12(11)18-4;/h5-7H,1,8H2,2-4H3,(H3,14,15,16);1H. The van der Waals surface area contributed by atoms with Crippen molar-refractivity contribution >= 4 is 35.6 Å². The number of rotatable bonds is 5. The Hall–Kier alpha value is -1.44. The summed E-state index contributed by atoms with van der Waals surface area (Å²) in [7, 11) is 3.19. The van der Waals surface area contributed by atoms with E-state index in [4.69, 9.17) is 15.2 Å². The first-order valence-electron chi connectivity index (χ1n) is 5.50. The molecule has 0 aliphatic carbocycles. The van der Waals surface area contributed by atoms with Crippen LogP contribution >= 0.6 is 24.0 Å². The summed E-state index contributed by atoms with van der Waals surface area (Å²) in [5, 5.41) is 2.97. The van der Waals surface area contributed by atoms with Crippen LogP contribution in [0.3, 0.4) is 0 Å². The van der Waals surface area contributed by atoms with E-state index in [0.717, 1.165) is 5.57 Å². The number of methoxy groups -OCH3 is 2. The first-order chi connectivity index (χ1) is 8.56.